The monoisotopic (exact) mass is 237 g/mol. The summed E-state index contributed by atoms with van der Waals surface area (Å²) in [5.41, 5.74) is 1.79. The number of hydrogen-bond donors (Lipinski definition) is 0. The molecule has 0 aliphatic heterocycles. The van der Waals surface area contributed by atoms with Gasteiger partial charge in [-0.05, 0) is 37.8 Å². The Morgan fingerprint density at radius 2 is 1.94 bits per heavy atom. The van der Waals surface area contributed by atoms with E-state index in [1.54, 1.807) is 0 Å². The van der Waals surface area contributed by atoms with Crippen molar-refractivity contribution in [3.05, 3.63) is 35.4 Å². The van der Waals surface area contributed by atoms with Gasteiger partial charge in [0, 0.05) is 17.9 Å². The van der Waals surface area contributed by atoms with Crippen molar-refractivity contribution in [2.45, 2.75) is 32.1 Å². The normalized spacial score (nSPS) is 11.1. The zero-order valence-corrected chi connectivity index (χ0v) is 10.5. The van der Waals surface area contributed by atoms with Crippen LogP contribution >= 0.6 is 12.1 Å². The Kier molecular flexibility index (Phi) is 4.82. The fourth-order valence-electron chi connectivity index (χ4n) is 1.48. The molecule has 0 heterocycles. The molecule has 1 nitrogen and oxygen atoms in total. The van der Waals surface area contributed by atoms with Crippen LogP contribution in [0.25, 0.3) is 0 Å². The third-order valence-electron chi connectivity index (χ3n) is 2.64. The first-order valence-corrected chi connectivity index (χ1v) is 6.23. The van der Waals surface area contributed by atoms with Crippen molar-refractivity contribution in [3.8, 4) is 6.07 Å². The molecule has 3 heteroatoms. The minimum absolute atomic E-state index is 0.389. The second-order valence-electron chi connectivity index (χ2n) is 4.35. The third-order valence-corrected chi connectivity index (χ3v) is 3.09. The summed E-state index contributed by atoms with van der Waals surface area (Å²) >= 11 is 0.389. The van der Waals surface area contributed by atoms with E-state index < -0.39 is 5.41 Å². The van der Waals surface area contributed by atoms with Gasteiger partial charge in [-0.15, -0.1) is 0 Å². The highest BCUT2D eigenvalue weighted by molar-refractivity contribution is 7.94. The minimum Gasteiger partial charge on any atom is -0.197 e. The van der Waals surface area contributed by atoms with Gasteiger partial charge in [-0.25, -0.2) is 0 Å². The lowest BCUT2D eigenvalue weighted by atomic mass is 9.86. The zero-order valence-electron chi connectivity index (χ0n) is 9.66. The van der Waals surface area contributed by atoms with Crippen LogP contribution in [-0.2, 0) is 11.8 Å². The molecule has 0 spiro atoms. The third kappa shape index (κ3) is 3.53. The molecule has 0 N–H and O–H groups in total. The lowest BCUT2D eigenvalue weighted by Gasteiger charge is -2.15. The molecule has 0 bridgehead atoms. The Bertz CT molecular complexity index is 365. The smallest absolute Gasteiger partial charge is 0.0766 e. The number of halogens is 1. The van der Waals surface area contributed by atoms with Crippen LogP contribution in [0.1, 0.15) is 31.4 Å². The lowest BCUT2D eigenvalue weighted by Crippen LogP contribution is -2.13. The van der Waals surface area contributed by atoms with Crippen molar-refractivity contribution in [2.24, 2.45) is 0 Å². The van der Waals surface area contributed by atoms with E-state index in [4.69, 9.17) is 5.26 Å². The average Bonchev–Trinajstić information content (AvgIpc) is 2.30. The van der Waals surface area contributed by atoms with Crippen LogP contribution in [0.15, 0.2) is 24.3 Å². The van der Waals surface area contributed by atoms with Gasteiger partial charge >= 0.3 is 0 Å². The van der Waals surface area contributed by atoms with Gasteiger partial charge in [0.1, 0.15) is 0 Å². The lowest BCUT2D eigenvalue weighted by molar-refractivity contribution is 0.686. The first kappa shape index (κ1) is 13.1. The molecule has 0 saturated heterocycles. The van der Waals surface area contributed by atoms with Crippen molar-refractivity contribution < 1.29 is 3.89 Å². The van der Waals surface area contributed by atoms with Gasteiger partial charge in [0.05, 0.1) is 11.5 Å². The van der Waals surface area contributed by atoms with Gasteiger partial charge in [0.15, 0.2) is 0 Å². The maximum atomic E-state index is 11.8. The maximum Gasteiger partial charge on any atom is 0.0766 e. The molecule has 0 saturated carbocycles. The first-order valence-electron chi connectivity index (χ1n) is 5.34. The zero-order chi connectivity index (χ0) is 12.0. The Morgan fingerprint density at radius 1 is 1.31 bits per heavy atom. The molecular formula is C13H16FNS. The highest BCUT2D eigenvalue weighted by Crippen LogP contribution is 2.22. The number of hydrogen-bond acceptors (Lipinski definition) is 2. The molecule has 1 rings (SSSR count). The predicted molar refractivity (Wildman–Crippen MR) is 67.0 cm³/mol. The Balaban J connectivity index is 2.65. The van der Waals surface area contributed by atoms with Crippen molar-refractivity contribution in [1.29, 1.82) is 5.26 Å². The van der Waals surface area contributed by atoms with Gasteiger partial charge in [0.25, 0.3) is 0 Å². The topological polar surface area (TPSA) is 23.8 Å². The first-order chi connectivity index (χ1) is 7.60. The van der Waals surface area contributed by atoms with E-state index in [1.165, 1.54) is 5.56 Å². The SMILES string of the molecule is CC(C)(C#N)c1ccc(CCCSF)cc1. The Labute approximate surface area is 101 Å². The maximum absolute atomic E-state index is 11.8. The quantitative estimate of drug-likeness (QED) is 0.722. The van der Waals surface area contributed by atoms with Crippen LogP contribution in [0.3, 0.4) is 0 Å². The number of nitriles is 1. The molecule has 0 atom stereocenters. The van der Waals surface area contributed by atoms with E-state index in [2.05, 4.69) is 6.07 Å². The van der Waals surface area contributed by atoms with Gasteiger partial charge in [-0.1, -0.05) is 24.3 Å². The molecule has 0 unspecified atom stereocenters. The Morgan fingerprint density at radius 3 is 2.44 bits per heavy atom. The van der Waals surface area contributed by atoms with Crippen LogP contribution in [0.2, 0.25) is 0 Å². The molecule has 16 heavy (non-hydrogen) atoms. The molecule has 0 radical (unpaired) electrons. The highest BCUT2D eigenvalue weighted by atomic mass is 32.2. The molecule has 0 fully saturated rings. The van der Waals surface area contributed by atoms with Crippen LogP contribution < -0.4 is 0 Å². The van der Waals surface area contributed by atoms with Crippen LogP contribution in [0.5, 0.6) is 0 Å². The largest absolute Gasteiger partial charge is 0.197 e. The average molecular weight is 237 g/mol. The standard InChI is InChI=1S/C13H16FNS/c1-13(2,10-15)12-7-5-11(6-8-12)4-3-9-16-14/h5-8H,3-4,9H2,1-2H3. The van der Waals surface area contributed by atoms with Gasteiger partial charge in [-0.2, -0.15) is 9.15 Å². The molecule has 1 aromatic rings. The van der Waals surface area contributed by atoms with Gasteiger partial charge < -0.3 is 0 Å². The summed E-state index contributed by atoms with van der Waals surface area (Å²) < 4.78 is 11.8. The van der Waals surface area contributed by atoms with Gasteiger partial charge in [0.2, 0.25) is 0 Å². The summed E-state index contributed by atoms with van der Waals surface area (Å²) in [5.74, 6) is 0.547. The summed E-state index contributed by atoms with van der Waals surface area (Å²) in [5, 5.41) is 9.00. The summed E-state index contributed by atoms with van der Waals surface area (Å²) in [6.45, 7) is 3.81. The van der Waals surface area contributed by atoms with Crippen molar-refractivity contribution in [3.63, 3.8) is 0 Å². The molecule has 1 aromatic carbocycles. The molecule has 0 aliphatic carbocycles. The van der Waals surface area contributed by atoms with Crippen molar-refractivity contribution in [1.82, 2.24) is 0 Å². The molecule has 0 aromatic heterocycles. The molecule has 0 aliphatic rings. The fraction of sp³-hybridized carbons (Fsp3) is 0.462. The van der Waals surface area contributed by atoms with Gasteiger partial charge in [-0.3, -0.25) is 0 Å². The number of aryl methyl sites for hydroxylation is 1. The van der Waals surface area contributed by atoms with E-state index in [0.717, 1.165) is 18.4 Å². The van der Waals surface area contributed by atoms with Crippen LogP contribution in [0.4, 0.5) is 3.89 Å². The fourth-order valence-corrected chi connectivity index (χ4v) is 1.74. The van der Waals surface area contributed by atoms with Crippen LogP contribution in [-0.4, -0.2) is 5.75 Å². The minimum atomic E-state index is -0.437. The van der Waals surface area contributed by atoms with Crippen LogP contribution in [0, 0.1) is 11.3 Å². The van der Waals surface area contributed by atoms with E-state index in [0.29, 0.717) is 17.9 Å². The second kappa shape index (κ2) is 5.91. The predicted octanol–water partition coefficient (Wildman–Crippen LogP) is 4.04. The van der Waals surface area contributed by atoms with Crippen molar-refractivity contribution in [2.75, 3.05) is 5.75 Å². The summed E-state index contributed by atoms with van der Waals surface area (Å²) in [6, 6.07) is 10.3. The molecular weight excluding hydrogens is 221 g/mol. The van der Waals surface area contributed by atoms with E-state index in [9.17, 15) is 3.89 Å². The second-order valence-corrected chi connectivity index (χ2v) is 4.98. The van der Waals surface area contributed by atoms with Crippen molar-refractivity contribution >= 4 is 12.1 Å². The molecule has 0 amide bonds. The Hall–Kier alpha value is -1.01. The van der Waals surface area contributed by atoms with E-state index in [-0.39, 0.29) is 0 Å². The highest BCUT2D eigenvalue weighted by Gasteiger charge is 2.18. The summed E-state index contributed by atoms with van der Waals surface area (Å²) in [4.78, 5) is 0. The van der Waals surface area contributed by atoms with E-state index in [1.807, 2.05) is 38.1 Å². The number of nitrogens with zero attached hydrogens (tertiary/aromatic N) is 1. The number of benzene rings is 1. The number of rotatable bonds is 5. The van der Waals surface area contributed by atoms with E-state index >= 15 is 0 Å². The molecule has 86 valence electrons. The summed E-state index contributed by atoms with van der Waals surface area (Å²) in [7, 11) is 0. The summed E-state index contributed by atoms with van der Waals surface area (Å²) in [6.07, 6.45) is 1.74.